The van der Waals surface area contributed by atoms with E-state index in [4.69, 9.17) is 9.84 Å². The standard InChI is InChI=1S/C13H16FNO4/c1-13(2,3)19-12(18)15-10(11(16)17)8-5-4-6-9(14)7-8/h4-7,10H,1-3H3,(H,15,18)(H,16,17)/t10-/m0/s1. The van der Waals surface area contributed by atoms with Crippen molar-refractivity contribution in [2.24, 2.45) is 0 Å². The number of aliphatic carboxylic acids is 1. The number of carboxylic acids is 1. The van der Waals surface area contributed by atoms with Crippen molar-refractivity contribution >= 4 is 12.1 Å². The van der Waals surface area contributed by atoms with Crippen molar-refractivity contribution < 1.29 is 23.8 Å². The molecule has 0 fully saturated rings. The van der Waals surface area contributed by atoms with Crippen molar-refractivity contribution in [2.45, 2.75) is 32.4 Å². The van der Waals surface area contributed by atoms with Gasteiger partial charge in [-0.1, -0.05) is 12.1 Å². The number of amides is 1. The molecule has 6 heteroatoms. The Bertz CT molecular complexity index is 482. The van der Waals surface area contributed by atoms with E-state index in [1.165, 1.54) is 18.2 Å². The third-order valence-electron chi connectivity index (χ3n) is 2.09. The molecule has 19 heavy (non-hydrogen) atoms. The molecule has 0 radical (unpaired) electrons. The van der Waals surface area contributed by atoms with E-state index in [2.05, 4.69) is 5.32 Å². The van der Waals surface area contributed by atoms with Crippen LogP contribution in [0.4, 0.5) is 9.18 Å². The van der Waals surface area contributed by atoms with Gasteiger partial charge in [-0.15, -0.1) is 0 Å². The largest absolute Gasteiger partial charge is 0.479 e. The summed E-state index contributed by atoms with van der Waals surface area (Å²) in [6.45, 7) is 4.97. The van der Waals surface area contributed by atoms with Crippen molar-refractivity contribution in [2.75, 3.05) is 0 Å². The Morgan fingerprint density at radius 1 is 1.37 bits per heavy atom. The lowest BCUT2D eigenvalue weighted by Crippen LogP contribution is -2.38. The van der Waals surface area contributed by atoms with Gasteiger partial charge >= 0.3 is 12.1 Å². The minimum Gasteiger partial charge on any atom is -0.479 e. The molecule has 0 saturated carbocycles. The lowest BCUT2D eigenvalue weighted by molar-refractivity contribution is -0.139. The van der Waals surface area contributed by atoms with Crippen LogP contribution in [-0.2, 0) is 9.53 Å². The number of carbonyl (C=O) groups excluding carboxylic acids is 1. The molecular weight excluding hydrogens is 253 g/mol. The van der Waals surface area contributed by atoms with Crippen LogP contribution < -0.4 is 5.32 Å². The molecule has 0 aliphatic heterocycles. The van der Waals surface area contributed by atoms with Gasteiger partial charge in [0, 0.05) is 0 Å². The molecule has 0 heterocycles. The second-order valence-electron chi connectivity index (χ2n) is 4.97. The van der Waals surface area contributed by atoms with Crippen molar-refractivity contribution in [3.8, 4) is 0 Å². The molecule has 0 aliphatic carbocycles. The fourth-order valence-corrected chi connectivity index (χ4v) is 1.40. The number of ether oxygens (including phenoxy) is 1. The van der Waals surface area contributed by atoms with Crippen LogP contribution in [-0.4, -0.2) is 22.8 Å². The molecule has 0 spiro atoms. The Morgan fingerprint density at radius 2 is 2.00 bits per heavy atom. The number of rotatable bonds is 3. The first-order valence-electron chi connectivity index (χ1n) is 5.67. The highest BCUT2D eigenvalue weighted by Gasteiger charge is 2.25. The number of halogens is 1. The summed E-state index contributed by atoms with van der Waals surface area (Å²) in [5.74, 6) is -1.87. The first-order chi connectivity index (χ1) is 8.69. The highest BCUT2D eigenvalue weighted by atomic mass is 19.1. The van der Waals surface area contributed by atoms with E-state index < -0.39 is 29.5 Å². The van der Waals surface area contributed by atoms with Gasteiger partial charge in [0.25, 0.3) is 0 Å². The molecule has 0 aliphatic rings. The van der Waals surface area contributed by atoms with Crippen LogP contribution in [0.3, 0.4) is 0 Å². The maximum atomic E-state index is 13.1. The van der Waals surface area contributed by atoms with E-state index in [0.717, 1.165) is 6.07 Å². The first kappa shape index (κ1) is 14.9. The minimum atomic E-state index is -1.36. The molecule has 0 aromatic heterocycles. The fraction of sp³-hybridized carbons (Fsp3) is 0.385. The van der Waals surface area contributed by atoms with Crippen molar-refractivity contribution in [3.63, 3.8) is 0 Å². The summed E-state index contributed by atoms with van der Waals surface area (Å²) in [4.78, 5) is 22.7. The summed E-state index contributed by atoms with van der Waals surface area (Å²) in [7, 11) is 0. The Hall–Kier alpha value is -2.11. The highest BCUT2D eigenvalue weighted by Crippen LogP contribution is 2.16. The summed E-state index contributed by atoms with van der Waals surface area (Å²) in [6, 6.07) is 3.67. The normalized spacial score (nSPS) is 12.6. The molecule has 1 aromatic rings. The molecule has 0 unspecified atom stereocenters. The predicted molar refractivity (Wildman–Crippen MR) is 66.1 cm³/mol. The molecule has 0 saturated heterocycles. The molecule has 1 amide bonds. The summed E-state index contributed by atoms with van der Waals surface area (Å²) >= 11 is 0. The zero-order chi connectivity index (χ0) is 14.6. The summed E-state index contributed by atoms with van der Waals surface area (Å²) in [5.41, 5.74) is -0.604. The smallest absolute Gasteiger partial charge is 0.408 e. The van der Waals surface area contributed by atoms with E-state index in [1.54, 1.807) is 20.8 Å². The van der Waals surface area contributed by atoms with Crippen LogP contribution in [0.1, 0.15) is 32.4 Å². The fourth-order valence-electron chi connectivity index (χ4n) is 1.40. The first-order valence-corrected chi connectivity index (χ1v) is 5.67. The molecule has 0 bridgehead atoms. The molecule has 5 nitrogen and oxygen atoms in total. The second-order valence-corrected chi connectivity index (χ2v) is 4.97. The molecule has 104 valence electrons. The second kappa shape index (κ2) is 5.69. The van der Waals surface area contributed by atoms with Gasteiger partial charge in [-0.2, -0.15) is 0 Å². The van der Waals surface area contributed by atoms with Gasteiger partial charge in [0.05, 0.1) is 0 Å². The van der Waals surface area contributed by atoms with E-state index in [1.807, 2.05) is 0 Å². The molecule has 1 atom stereocenters. The Labute approximate surface area is 110 Å². The Morgan fingerprint density at radius 3 is 2.47 bits per heavy atom. The third-order valence-corrected chi connectivity index (χ3v) is 2.09. The number of hydrogen-bond donors (Lipinski definition) is 2. The Kier molecular flexibility index (Phi) is 4.47. The predicted octanol–water partition coefficient (Wildman–Crippen LogP) is 2.48. The van der Waals surface area contributed by atoms with E-state index in [-0.39, 0.29) is 5.56 Å². The average Bonchev–Trinajstić information content (AvgIpc) is 2.23. The van der Waals surface area contributed by atoms with E-state index >= 15 is 0 Å². The lowest BCUT2D eigenvalue weighted by Gasteiger charge is -2.22. The van der Waals surface area contributed by atoms with Crippen LogP contribution in [0.5, 0.6) is 0 Å². The van der Waals surface area contributed by atoms with Crippen molar-refractivity contribution in [1.82, 2.24) is 5.32 Å². The van der Waals surface area contributed by atoms with Gasteiger partial charge in [0.2, 0.25) is 0 Å². The van der Waals surface area contributed by atoms with Crippen LogP contribution >= 0.6 is 0 Å². The van der Waals surface area contributed by atoms with Gasteiger partial charge in [0.15, 0.2) is 6.04 Å². The summed E-state index contributed by atoms with van der Waals surface area (Å²) in [5, 5.41) is 11.3. The van der Waals surface area contributed by atoms with Gasteiger partial charge in [-0.05, 0) is 38.5 Å². The number of carbonyl (C=O) groups is 2. The molecule has 1 rings (SSSR count). The monoisotopic (exact) mass is 269 g/mol. The van der Waals surface area contributed by atoms with Gasteiger partial charge < -0.3 is 15.2 Å². The maximum absolute atomic E-state index is 13.1. The maximum Gasteiger partial charge on any atom is 0.408 e. The molecular formula is C13H16FNO4. The zero-order valence-electron chi connectivity index (χ0n) is 10.9. The Balaban J connectivity index is 2.85. The van der Waals surface area contributed by atoms with Gasteiger partial charge in [0.1, 0.15) is 11.4 Å². The van der Waals surface area contributed by atoms with Crippen LogP contribution in [0.2, 0.25) is 0 Å². The molecule has 1 aromatic carbocycles. The van der Waals surface area contributed by atoms with Gasteiger partial charge in [-0.3, -0.25) is 0 Å². The van der Waals surface area contributed by atoms with Crippen molar-refractivity contribution in [3.05, 3.63) is 35.6 Å². The summed E-state index contributed by atoms with van der Waals surface area (Å²) < 4.78 is 18.0. The number of nitrogens with one attached hydrogen (secondary N) is 1. The lowest BCUT2D eigenvalue weighted by atomic mass is 10.1. The summed E-state index contributed by atoms with van der Waals surface area (Å²) in [6.07, 6.45) is -0.871. The van der Waals surface area contributed by atoms with Gasteiger partial charge in [-0.25, -0.2) is 14.0 Å². The van der Waals surface area contributed by atoms with E-state index in [0.29, 0.717) is 0 Å². The number of carboxylic acid groups (broad SMARTS) is 1. The van der Waals surface area contributed by atoms with Crippen LogP contribution in [0.15, 0.2) is 24.3 Å². The van der Waals surface area contributed by atoms with Crippen LogP contribution in [0.25, 0.3) is 0 Å². The highest BCUT2D eigenvalue weighted by molar-refractivity contribution is 5.81. The molecule has 2 N–H and O–H groups in total. The quantitative estimate of drug-likeness (QED) is 0.883. The van der Waals surface area contributed by atoms with E-state index in [9.17, 15) is 14.0 Å². The van der Waals surface area contributed by atoms with Crippen molar-refractivity contribution in [1.29, 1.82) is 0 Å². The minimum absolute atomic E-state index is 0.137. The number of alkyl carbamates (subject to hydrolysis) is 1. The zero-order valence-corrected chi connectivity index (χ0v) is 10.9. The van der Waals surface area contributed by atoms with Crippen LogP contribution in [0, 0.1) is 5.82 Å². The number of benzene rings is 1. The average molecular weight is 269 g/mol. The number of hydrogen-bond acceptors (Lipinski definition) is 3. The SMILES string of the molecule is CC(C)(C)OC(=O)N[C@H](C(=O)O)c1cccc(F)c1. The third kappa shape index (κ3) is 4.95. The topological polar surface area (TPSA) is 75.6 Å².